The minimum absolute atomic E-state index is 0.0295. The van der Waals surface area contributed by atoms with E-state index >= 15 is 0 Å². The zero-order valence-corrected chi connectivity index (χ0v) is 21.9. The Labute approximate surface area is 223 Å². The number of benzene rings is 1. The lowest BCUT2D eigenvalue weighted by Crippen LogP contribution is -2.39. The lowest BCUT2D eigenvalue weighted by Gasteiger charge is -2.23. The SMILES string of the molecule is Cc1nc(C(CO)NC(=O)CN2Cc3ccc(-c4nc(NC5CCOCC5)ncc4Cl)cc3C2O)cs1. The fourth-order valence-corrected chi connectivity index (χ4v) is 5.48. The molecule has 4 heterocycles. The van der Waals surface area contributed by atoms with Gasteiger partial charge in [-0.25, -0.2) is 15.0 Å². The molecule has 0 aliphatic carbocycles. The number of carbonyl (C=O) groups excluding carboxylic acids is 1. The third-order valence-electron chi connectivity index (χ3n) is 6.57. The van der Waals surface area contributed by atoms with Crippen LogP contribution in [0.2, 0.25) is 5.02 Å². The number of carbonyl (C=O) groups is 1. The molecule has 0 radical (unpaired) electrons. The minimum atomic E-state index is -0.963. The Morgan fingerprint density at radius 1 is 1.32 bits per heavy atom. The molecule has 37 heavy (non-hydrogen) atoms. The summed E-state index contributed by atoms with van der Waals surface area (Å²) >= 11 is 7.91. The van der Waals surface area contributed by atoms with E-state index in [9.17, 15) is 15.0 Å². The molecule has 5 rings (SSSR count). The molecule has 0 spiro atoms. The molecule has 4 N–H and O–H groups in total. The van der Waals surface area contributed by atoms with Gasteiger partial charge in [-0.3, -0.25) is 9.69 Å². The molecule has 2 atom stereocenters. The van der Waals surface area contributed by atoms with Gasteiger partial charge in [0.15, 0.2) is 0 Å². The molecule has 1 aromatic carbocycles. The van der Waals surface area contributed by atoms with E-state index in [0.717, 1.165) is 29.0 Å². The first kappa shape index (κ1) is 26.0. The molecule has 1 fully saturated rings. The Morgan fingerprint density at radius 2 is 2.14 bits per heavy atom. The number of hydrogen-bond acceptors (Lipinski definition) is 10. The Hall–Kier alpha value is -2.67. The monoisotopic (exact) mass is 544 g/mol. The lowest BCUT2D eigenvalue weighted by atomic mass is 10.0. The Kier molecular flexibility index (Phi) is 7.98. The van der Waals surface area contributed by atoms with E-state index in [4.69, 9.17) is 16.3 Å². The number of aliphatic hydroxyl groups excluding tert-OH is 2. The van der Waals surface area contributed by atoms with E-state index in [2.05, 4.69) is 25.6 Å². The third kappa shape index (κ3) is 5.92. The van der Waals surface area contributed by atoms with Crippen LogP contribution in [0.5, 0.6) is 0 Å². The van der Waals surface area contributed by atoms with E-state index in [1.54, 1.807) is 11.1 Å². The van der Waals surface area contributed by atoms with Crippen molar-refractivity contribution in [3.63, 3.8) is 0 Å². The van der Waals surface area contributed by atoms with Crippen molar-refractivity contribution in [2.24, 2.45) is 0 Å². The molecule has 0 bridgehead atoms. The highest BCUT2D eigenvalue weighted by Gasteiger charge is 2.31. The van der Waals surface area contributed by atoms with E-state index < -0.39 is 12.3 Å². The standard InChI is InChI=1S/C25H29ClN6O4S/c1-14-28-21(13-37-14)20(12-33)30-22(34)11-32-10-16-3-2-15(8-18(16)24(32)35)23-19(26)9-27-25(31-23)29-17-4-6-36-7-5-17/h2-3,8-9,13,17,20,24,33,35H,4-7,10-12H2,1H3,(H,30,34)(H,27,29,31). The Balaban J connectivity index is 1.27. The molecule has 1 saturated heterocycles. The predicted molar refractivity (Wildman–Crippen MR) is 140 cm³/mol. The van der Waals surface area contributed by atoms with Gasteiger partial charge in [-0.05, 0) is 31.4 Å². The molecule has 2 aliphatic rings. The molecule has 0 saturated carbocycles. The molecule has 196 valence electrons. The van der Waals surface area contributed by atoms with Crippen LogP contribution in [0.1, 0.15) is 46.9 Å². The third-order valence-corrected chi connectivity index (χ3v) is 7.64. The number of ether oxygens (including phenoxy) is 1. The number of fused-ring (bicyclic) bond motifs is 1. The topological polar surface area (TPSA) is 133 Å². The van der Waals surface area contributed by atoms with Crippen LogP contribution in [0, 0.1) is 6.92 Å². The van der Waals surface area contributed by atoms with Crippen molar-refractivity contribution >= 4 is 34.8 Å². The zero-order chi connectivity index (χ0) is 25.9. The minimum Gasteiger partial charge on any atom is -0.394 e. The summed E-state index contributed by atoms with van der Waals surface area (Å²) in [6, 6.07) is 5.35. The van der Waals surface area contributed by atoms with E-state index in [1.165, 1.54) is 11.3 Å². The van der Waals surface area contributed by atoms with Gasteiger partial charge in [-0.2, -0.15) is 0 Å². The van der Waals surface area contributed by atoms with Crippen LogP contribution in [-0.4, -0.2) is 68.4 Å². The summed E-state index contributed by atoms with van der Waals surface area (Å²) in [4.78, 5) is 27.7. The van der Waals surface area contributed by atoms with Gasteiger partial charge < -0.3 is 25.6 Å². The van der Waals surface area contributed by atoms with Crippen LogP contribution in [0.4, 0.5) is 5.95 Å². The zero-order valence-electron chi connectivity index (χ0n) is 20.4. The maximum absolute atomic E-state index is 12.7. The molecule has 2 aliphatic heterocycles. The lowest BCUT2D eigenvalue weighted by molar-refractivity contribution is -0.126. The first-order valence-corrected chi connectivity index (χ1v) is 13.4. The maximum Gasteiger partial charge on any atom is 0.234 e. The van der Waals surface area contributed by atoms with Crippen molar-refractivity contribution < 1.29 is 19.7 Å². The Bertz CT molecular complexity index is 1270. The van der Waals surface area contributed by atoms with Crippen LogP contribution >= 0.6 is 22.9 Å². The number of thiazole rings is 1. The van der Waals surface area contributed by atoms with Crippen molar-refractivity contribution in [2.75, 3.05) is 31.7 Å². The van der Waals surface area contributed by atoms with Crippen LogP contribution in [0.15, 0.2) is 29.8 Å². The molecule has 2 unspecified atom stereocenters. The number of anilines is 1. The first-order valence-electron chi connectivity index (χ1n) is 12.2. The fraction of sp³-hybridized carbons (Fsp3) is 0.440. The number of rotatable bonds is 8. The fourth-order valence-electron chi connectivity index (χ4n) is 4.61. The van der Waals surface area contributed by atoms with Crippen molar-refractivity contribution in [3.05, 3.63) is 56.6 Å². The van der Waals surface area contributed by atoms with E-state index in [-0.39, 0.29) is 25.1 Å². The number of nitrogens with one attached hydrogen (secondary N) is 2. The molecule has 3 aromatic rings. The summed E-state index contributed by atoms with van der Waals surface area (Å²) in [7, 11) is 0. The largest absolute Gasteiger partial charge is 0.394 e. The predicted octanol–water partition coefficient (Wildman–Crippen LogP) is 2.81. The highest BCUT2D eigenvalue weighted by atomic mass is 35.5. The van der Waals surface area contributed by atoms with Gasteiger partial charge in [-0.15, -0.1) is 11.3 Å². The highest BCUT2D eigenvalue weighted by Crippen LogP contribution is 2.36. The molecule has 1 amide bonds. The van der Waals surface area contributed by atoms with Gasteiger partial charge in [0.25, 0.3) is 0 Å². The first-order chi connectivity index (χ1) is 17.9. The normalized spacial score (nSPS) is 19.0. The molecule has 10 nitrogen and oxygen atoms in total. The summed E-state index contributed by atoms with van der Waals surface area (Å²) in [5.74, 6) is 0.193. The van der Waals surface area contributed by atoms with E-state index in [0.29, 0.717) is 47.7 Å². The number of amides is 1. The molecular weight excluding hydrogens is 516 g/mol. The number of halogens is 1. The highest BCUT2D eigenvalue weighted by molar-refractivity contribution is 7.09. The molecular formula is C25H29ClN6O4S. The van der Waals surface area contributed by atoms with Crippen molar-refractivity contribution in [1.29, 1.82) is 0 Å². The second kappa shape index (κ2) is 11.4. The van der Waals surface area contributed by atoms with Crippen molar-refractivity contribution in [2.45, 2.75) is 44.6 Å². The summed E-state index contributed by atoms with van der Waals surface area (Å²) in [5.41, 5.74) is 3.57. The second-order valence-corrected chi connectivity index (χ2v) is 10.7. The van der Waals surface area contributed by atoms with Gasteiger partial charge in [-0.1, -0.05) is 23.7 Å². The summed E-state index contributed by atoms with van der Waals surface area (Å²) in [6.07, 6.45) is 2.39. The van der Waals surface area contributed by atoms with Crippen molar-refractivity contribution in [3.8, 4) is 11.3 Å². The summed E-state index contributed by atoms with van der Waals surface area (Å²) in [5, 5.41) is 30.0. The van der Waals surface area contributed by atoms with Crippen molar-refractivity contribution in [1.82, 2.24) is 25.2 Å². The van der Waals surface area contributed by atoms with Crippen LogP contribution < -0.4 is 10.6 Å². The quantitative estimate of drug-likeness (QED) is 0.338. The number of aromatic nitrogens is 3. The molecule has 12 heteroatoms. The van der Waals surface area contributed by atoms with Gasteiger partial charge in [0.2, 0.25) is 11.9 Å². The van der Waals surface area contributed by atoms with Gasteiger partial charge in [0.1, 0.15) is 6.23 Å². The van der Waals surface area contributed by atoms with Gasteiger partial charge in [0.05, 0.1) is 46.8 Å². The number of aliphatic hydroxyl groups is 2. The summed E-state index contributed by atoms with van der Waals surface area (Å²) in [6.45, 7) is 3.41. The Morgan fingerprint density at radius 3 is 2.86 bits per heavy atom. The van der Waals surface area contributed by atoms with Gasteiger partial charge in [0, 0.05) is 42.3 Å². The van der Waals surface area contributed by atoms with Gasteiger partial charge >= 0.3 is 0 Å². The number of aryl methyl sites for hydroxylation is 1. The second-order valence-electron chi connectivity index (χ2n) is 9.21. The van der Waals surface area contributed by atoms with E-state index in [1.807, 2.05) is 30.5 Å². The summed E-state index contributed by atoms with van der Waals surface area (Å²) < 4.78 is 5.41. The maximum atomic E-state index is 12.7. The smallest absolute Gasteiger partial charge is 0.234 e. The van der Waals surface area contributed by atoms with Crippen LogP contribution in [-0.2, 0) is 16.1 Å². The number of hydrogen-bond donors (Lipinski definition) is 4. The number of nitrogens with zero attached hydrogens (tertiary/aromatic N) is 4. The van der Waals surface area contributed by atoms with Crippen LogP contribution in [0.3, 0.4) is 0 Å². The van der Waals surface area contributed by atoms with Crippen LogP contribution in [0.25, 0.3) is 11.3 Å². The average molecular weight is 545 g/mol. The molecule has 2 aromatic heterocycles. The average Bonchev–Trinajstić information content (AvgIpc) is 3.47.